The van der Waals surface area contributed by atoms with Crippen molar-refractivity contribution in [3.8, 4) is 17.1 Å². The maximum Gasteiger partial charge on any atom is 0.338 e. The highest BCUT2D eigenvalue weighted by Gasteiger charge is 2.14. The van der Waals surface area contributed by atoms with Gasteiger partial charge in [0.05, 0.1) is 25.8 Å². The van der Waals surface area contributed by atoms with Gasteiger partial charge in [0, 0.05) is 16.5 Å². The quantitative estimate of drug-likeness (QED) is 0.421. The fraction of sp³-hybridized carbons (Fsp3) is 0.263. The van der Waals surface area contributed by atoms with Crippen LogP contribution in [-0.4, -0.2) is 39.9 Å². The number of halogens is 1. The van der Waals surface area contributed by atoms with Gasteiger partial charge in [-0.15, -0.1) is 10.2 Å². The highest BCUT2D eigenvalue weighted by Crippen LogP contribution is 2.26. The first kappa shape index (κ1) is 19.0. The lowest BCUT2D eigenvalue weighted by atomic mass is 10.1. The predicted octanol–water partition coefficient (Wildman–Crippen LogP) is 3.47. The van der Waals surface area contributed by atoms with Crippen LogP contribution in [0.3, 0.4) is 0 Å². The van der Waals surface area contributed by atoms with Crippen molar-refractivity contribution in [2.45, 2.75) is 18.8 Å². The first-order valence-electron chi connectivity index (χ1n) is 8.42. The smallest absolute Gasteiger partial charge is 0.338 e. The fourth-order valence-corrected chi connectivity index (χ4v) is 3.10. The van der Waals surface area contributed by atoms with E-state index in [1.165, 1.54) is 4.80 Å². The molecule has 1 aromatic heterocycles. The minimum atomic E-state index is -0.358. The fourth-order valence-electron chi connectivity index (χ4n) is 2.64. The molecule has 0 atom stereocenters. The molecule has 0 aliphatic heterocycles. The standard InChI is InChI=1S/C19H19BrN4O3/c1-3-27-19(25)16-7-5-4-6-15(16)12-24-22-18(21-23-24)13-8-9-14(11-20)17(10-13)26-2/h4-10H,3,11-12H2,1-2H3. The van der Waals surface area contributed by atoms with Gasteiger partial charge in [0.1, 0.15) is 5.75 Å². The first-order chi connectivity index (χ1) is 13.2. The van der Waals surface area contributed by atoms with Gasteiger partial charge < -0.3 is 9.47 Å². The van der Waals surface area contributed by atoms with E-state index in [1.54, 1.807) is 26.2 Å². The molecule has 140 valence electrons. The summed E-state index contributed by atoms with van der Waals surface area (Å²) < 4.78 is 10.5. The van der Waals surface area contributed by atoms with E-state index in [2.05, 4.69) is 31.3 Å². The lowest BCUT2D eigenvalue weighted by Gasteiger charge is -2.08. The molecule has 0 aliphatic rings. The number of carbonyl (C=O) groups is 1. The molecule has 8 heteroatoms. The number of tetrazole rings is 1. The van der Waals surface area contributed by atoms with Crippen LogP contribution in [0.25, 0.3) is 11.4 Å². The molecule has 0 bridgehead atoms. The summed E-state index contributed by atoms with van der Waals surface area (Å²) >= 11 is 3.44. The van der Waals surface area contributed by atoms with Gasteiger partial charge in [0.2, 0.25) is 5.82 Å². The molecule has 3 rings (SSSR count). The third kappa shape index (κ3) is 4.33. The molecule has 0 spiro atoms. The summed E-state index contributed by atoms with van der Waals surface area (Å²) in [5.41, 5.74) is 3.12. The Morgan fingerprint density at radius 3 is 2.74 bits per heavy atom. The Kier molecular flexibility index (Phi) is 6.18. The molecule has 27 heavy (non-hydrogen) atoms. The maximum atomic E-state index is 12.1. The van der Waals surface area contributed by atoms with Crippen LogP contribution in [0.2, 0.25) is 0 Å². The van der Waals surface area contributed by atoms with Crippen molar-refractivity contribution in [2.24, 2.45) is 0 Å². The number of methoxy groups -OCH3 is 1. The van der Waals surface area contributed by atoms with Gasteiger partial charge in [-0.25, -0.2) is 4.79 Å². The Labute approximate surface area is 165 Å². The van der Waals surface area contributed by atoms with E-state index in [4.69, 9.17) is 9.47 Å². The molecule has 0 saturated carbocycles. The topological polar surface area (TPSA) is 79.1 Å². The summed E-state index contributed by atoms with van der Waals surface area (Å²) in [5, 5.41) is 13.4. The molecule has 0 saturated heterocycles. The average molecular weight is 431 g/mol. The van der Waals surface area contributed by atoms with Crippen molar-refractivity contribution < 1.29 is 14.3 Å². The van der Waals surface area contributed by atoms with Gasteiger partial charge in [0.25, 0.3) is 0 Å². The van der Waals surface area contributed by atoms with Crippen LogP contribution in [0.4, 0.5) is 0 Å². The zero-order valence-corrected chi connectivity index (χ0v) is 16.6. The highest BCUT2D eigenvalue weighted by molar-refractivity contribution is 9.08. The molecule has 1 heterocycles. The third-order valence-electron chi connectivity index (χ3n) is 3.97. The van der Waals surface area contributed by atoms with E-state index in [0.29, 0.717) is 29.9 Å². The van der Waals surface area contributed by atoms with Crippen molar-refractivity contribution >= 4 is 21.9 Å². The monoisotopic (exact) mass is 430 g/mol. The minimum Gasteiger partial charge on any atom is -0.496 e. The Bertz CT molecular complexity index is 942. The number of hydrogen-bond acceptors (Lipinski definition) is 6. The number of benzene rings is 2. The number of esters is 1. The predicted molar refractivity (Wildman–Crippen MR) is 104 cm³/mol. The van der Waals surface area contributed by atoms with Crippen molar-refractivity contribution in [2.75, 3.05) is 13.7 Å². The van der Waals surface area contributed by atoms with Gasteiger partial charge >= 0.3 is 5.97 Å². The largest absolute Gasteiger partial charge is 0.496 e. The lowest BCUT2D eigenvalue weighted by molar-refractivity contribution is 0.0525. The first-order valence-corrected chi connectivity index (χ1v) is 9.54. The van der Waals surface area contributed by atoms with Crippen molar-refractivity contribution in [1.29, 1.82) is 0 Å². The van der Waals surface area contributed by atoms with E-state index in [1.807, 2.05) is 30.3 Å². The molecule has 0 amide bonds. The summed E-state index contributed by atoms with van der Waals surface area (Å²) in [4.78, 5) is 13.6. The molecule has 2 aromatic carbocycles. The second-order valence-electron chi connectivity index (χ2n) is 5.68. The molecule has 0 fully saturated rings. The van der Waals surface area contributed by atoms with E-state index in [9.17, 15) is 4.79 Å². The zero-order chi connectivity index (χ0) is 19.2. The number of nitrogens with zero attached hydrogens (tertiary/aromatic N) is 4. The summed E-state index contributed by atoms with van der Waals surface area (Å²) in [6.45, 7) is 2.42. The van der Waals surface area contributed by atoms with Gasteiger partial charge in [-0.2, -0.15) is 4.80 Å². The number of hydrogen-bond donors (Lipinski definition) is 0. The second-order valence-corrected chi connectivity index (χ2v) is 6.24. The minimum absolute atomic E-state index is 0.318. The van der Waals surface area contributed by atoms with E-state index >= 15 is 0 Å². The van der Waals surface area contributed by atoms with Crippen LogP contribution in [0.1, 0.15) is 28.4 Å². The van der Waals surface area contributed by atoms with Crippen molar-refractivity contribution in [1.82, 2.24) is 20.2 Å². The van der Waals surface area contributed by atoms with Crippen LogP contribution < -0.4 is 4.74 Å². The molecular weight excluding hydrogens is 412 g/mol. The molecule has 0 unspecified atom stereocenters. The SMILES string of the molecule is CCOC(=O)c1ccccc1Cn1nnc(-c2ccc(CBr)c(OC)c2)n1. The van der Waals surface area contributed by atoms with Crippen LogP contribution in [0, 0.1) is 0 Å². The van der Waals surface area contributed by atoms with E-state index in [-0.39, 0.29) is 5.97 Å². The summed E-state index contributed by atoms with van der Waals surface area (Å²) in [7, 11) is 1.63. The Morgan fingerprint density at radius 1 is 1.19 bits per heavy atom. The van der Waals surface area contributed by atoms with Gasteiger partial charge in [-0.05, 0) is 29.8 Å². The maximum absolute atomic E-state index is 12.1. The van der Waals surface area contributed by atoms with Crippen LogP contribution in [0.15, 0.2) is 42.5 Å². The van der Waals surface area contributed by atoms with Crippen LogP contribution in [-0.2, 0) is 16.6 Å². The van der Waals surface area contributed by atoms with Gasteiger partial charge in [-0.1, -0.05) is 46.3 Å². The highest BCUT2D eigenvalue weighted by atomic mass is 79.9. The summed E-state index contributed by atoms with van der Waals surface area (Å²) in [6, 6.07) is 13.0. The normalized spacial score (nSPS) is 10.6. The molecular formula is C19H19BrN4O3. The van der Waals surface area contributed by atoms with Crippen molar-refractivity contribution in [3.63, 3.8) is 0 Å². The van der Waals surface area contributed by atoms with Gasteiger partial charge in [-0.3, -0.25) is 0 Å². The number of rotatable bonds is 7. The number of carbonyl (C=O) groups excluding carboxylic acids is 1. The molecule has 0 radical (unpaired) electrons. The van der Waals surface area contributed by atoms with Crippen LogP contribution >= 0.6 is 15.9 Å². The lowest BCUT2D eigenvalue weighted by Crippen LogP contribution is -2.12. The molecule has 3 aromatic rings. The molecule has 0 N–H and O–H groups in total. The summed E-state index contributed by atoms with van der Waals surface area (Å²) in [6.07, 6.45) is 0. The second kappa shape index (κ2) is 8.77. The molecule has 7 nitrogen and oxygen atoms in total. The Morgan fingerprint density at radius 2 is 2.00 bits per heavy atom. The Hall–Kier alpha value is -2.74. The number of ether oxygens (including phenoxy) is 2. The number of aromatic nitrogens is 4. The molecule has 0 aliphatic carbocycles. The zero-order valence-electron chi connectivity index (χ0n) is 15.1. The van der Waals surface area contributed by atoms with Crippen LogP contribution in [0.5, 0.6) is 5.75 Å². The Balaban J connectivity index is 1.85. The average Bonchev–Trinajstić information content (AvgIpc) is 3.16. The summed E-state index contributed by atoms with van der Waals surface area (Å²) in [5.74, 6) is 0.889. The number of alkyl halides is 1. The van der Waals surface area contributed by atoms with E-state index in [0.717, 1.165) is 22.4 Å². The van der Waals surface area contributed by atoms with Gasteiger partial charge in [0.15, 0.2) is 0 Å². The van der Waals surface area contributed by atoms with E-state index < -0.39 is 0 Å². The van der Waals surface area contributed by atoms with Crippen molar-refractivity contribution in [3.05, 3.63) is 59.2 Å². The third-order valence-corrected chi connectivity index (χ3v) is 4.57.